The van der Waals surface area contributed by atoms with E-state index in [1.807, 2.05) is 6.92 Å². The SMILES string of the molecule is C=CC(=O)O.CC(=O)O.CCCC(=O)O. The maximum Gasteiger partial charge on any atom is 0.327 e. The van der Waals surface area contributed by atoms with Crippen molar-refractivity contribution in [2.75, 3.05) is 0 Å². The molecule has 15 heavy (non-hydrogen) atoms. The second-order valence-electron chi connectivity index (χ2n) is 2.21. The van der Waals surface area contributed by atoms with Gasteiger partial charge in [-0.2, -0.15) is 0 Å². The van der Waals surface area contributed by atoms with Gasteiger partial charge in [0.05, 0.1) is 0 Å². The van der Waals surface area contributed by atoms with Gasteiger partial charge in [-0.3, -0.25) is 9.59 Å². The Morgan fingerprint density at radius 1 is 1.20 bits per heavy atom. The maximum atomic E-state index is 9.60. The van der Waals surface area contributed by atoms with E-state index >= 15 is 0 Å². The molecule has 0 aliphatic rings. The summed E-state index contributed by atoms with van der Waals surface area (Å²) in [5.41, 5.74) is 0. The number of hydrogen-bond acceptors (Lipinski definition) is 3. The lowest BCUT2D eigenvalue weighted by atomic mass is 10.4. The molecule has 6 nitrogen and oxygen atoms in total. The van der Waals surface area contributed by atoms with Gasteiger partial charge in [0.2, 0.25) is 0 Å². The summed E-state index contributed by atoms with van der Waals surface area (Å²) >= 11 is 0. The monoisotopic (exact) mass is 220 g/mol. The molecule has 0 radical (unpaired) electrons. The first-order chi connectivity index (χ1) is 6.77. The van der Waals surface area contributed by atoms with Crippen molar-refractivity contribution in [2.45, 2.75) is 26.7 Å². The zero-order valence-corrected chi connectivity index (χ0v) is 8.77. The average molecular weight is 220 g/mol. The molecule has 0 saturated heterocycles. The van der Waals surface area contributed by atoms with E-state index in [-0.39, 0.29) is 0 Å². The summed E-state index contributed by atoms with van der Waals surface area (Å²) in [6, 6.07) is 0. The van der Waals surface area contributed by atoms with Crippen LogP contribution in [0, 0.1) is 0 Å². The fourth-order valence-corrected chi connectivity index (χ4v) is 0.214. The summed E-state index contributed by atoms with van der Waals surface area (Å²) in [6.07, 6.45) is 1.86. The Morgan fingerprint density at radius 2 is 1.47 bits per heavy atom. The highest BCUT2D eigenvalue weighted by molar-refractivity contribution is 5.78. The van der Waals surface area contributed by atoms with Gasteiger partial charge in [0.25, 0.3) is 5.97 Å². The van der Waals surface area contributed by atoms with Crippen LogP contribution in [-0.4, -0.2) is 33.2 Å². The van der Waals surface area contributed by atoms with Gasteiger partial charge in [-0.15, -0.1) is 0 Å². The van der Waals surface area contributed by atoms with Crippen molar-refractivity contribution < 1.29 is 29.7 Å². The molecule has 0 spiro atoms. The Bertz CT molecular complexity index is 205. The fraction of sp³-hybridized carbons (Fsp3) is 0.444. The van der Waals surface area contributed by atoms with Crippen LogP contribution in [0.15, 0.2) is 12.7 Å². The number of carboxylic acids is 3. The molecule has 0 unspecified atom stereocenters. The van der Waals surface area contributed by atoms with E-state index in [4.69, 9.17) is 20.1 Å². The number of carbonyl (C=O) groups is 3. The van der Waals surface area contributed by atoms with Crippen LogP contribution in [-0.2, 0) is 14.4 Å². The van der Waals surface area contributed by atoms with Crippen LogP contribution in [0.3, 0.4) is 0 Å². The summed E-state index contributed by atoms with van der Waals surface area (Å²) in [7, 11) is 0. The number of hydrogen-bond donors (Lipinski definition) is 3. The molecule has 0 fully saturated rings. The molecule has 0 heterocycles. The van der Waals surface area contributed by atoms with Gasteiger partial charge < -0.3 is 15.3 Å². The molecule has 0 aliphatic heterocycles. The molecule has 0 rings (SSSR count). The van der Waals surface area contributed by atoms with Crippen molar-refractivity contribution in [1.29, 1.82) is 0 Å². The van der Waals surface area contributed by atoms with Gasteiger partial charge in [-0.1, -0.05) is 13.5 Å². The lowest BCUT2D eigenvalue weighted by Gasteiger charge is -1.79. The number of rotatable bonds is 3. The highest BCUT2D eigenvalue weighted by Gasteiger charge is 1.87. The lowest BCUT2D eigenvalue weighted by Crippen LogP contribution is -1.90. The van der Waals surface area contributed by atoms with Crippen LogP contribution in [0.4, 0.5) is 0 Å². The quantitative estimate of drug-likeness (QED) is 0.616. The minimum Gasteiger partial charge on any atom is -0.481 e. The minimum absolute atomic E-state index is 0.292. The van der Waals surface area contributed by atoms with Crippen molar-refractivity contribution in [2.24, 2.45) is 0 Å². The standard InChI is InChI=1S/C4H8O2.C3H4O2.C2H4O2/c1-2-3-4(5)6;1-2-3(4)5;1-2(3)4/h2-3H2,1H3,(H,5,6);2H,1H2,(H,4,5);1H3,(H,3,4). The summed E-state index contributed by atoms with van der Waals surface area (Å²) in [5, 5.41) is 22.9. The van der Waals surface area contributed by atoms with Crippen molar-refractivity contribution in [1.82, 2.24) is 0 Å². The van der Waals surface area contributed by atoms with E-state index in [9.17, 15) is 9.59 Å². The Morgan fingerprint density at radius 3 is 1.47 bits per heavy atom. The summed E-state index contributed by atoms with van der Waals surface area (Å²) < 4.78 is 0. The first-order valence-electron chi connectivity index (χ1n) is 4.04. The summed E-state index contributed by atoms with van der Waals surface area (Å²) in [5.74, 6) is -2.53. The first kappa shape index (κ1) is 18.8. The van der Waals surface area contributed by atoms with Crippen LogP contribution < -0.4 is 0 Å². The molecule has 0 aromatic carbocycles. The van der Waals surface area contributed by atoms with Gasteiger partial charge in [0, 0.05) is 19.4 Å². The minimum atomic E-state index is -0.981. The van der Waals surface area contributed by atoms with Gasteiger partial charge in [-0.25, -0.2) is 4.79 Å². The molecule has 0 saturated carbocycles. The smallest absolute Gasteiger partial charge is 0.327 e. The van der Waals surface area contributed by atoms with Crippen LogP contribution in [0.5, 0.6) is 0 Å². The third kappa shape index (κ3) is 126. The van der Waals surface area contributed by atoms with Crippen LogP contribution >= 0.6 is 0 Å². The third-order valence-corrected chi connectivity index (χ3v) is 0.638. The number of aliphatic carboxylic acids is 3. The van der Waals surface area contributed by atoms with E-state index in [0.29, 0.717) is 6.42 Å². The van der Waals surface area contributed by atoms with Crippen molar-refractivity contribution >= 4 is 17.9 Å². The molecule has 88 valence electrons. The molecule has 3 N–H and O–H groups in total. The second-order valence-corrected chi connectivity index (χ2v) is 2.21. The highest BCUT2D eigenvalue weighted by atomic mass is 16.4. The summed E-state index contributed by atoms with van der Waals surface area (Å²) in [6.45, 7) is 5.89. The van der Waals surface area contributed by atoms with Gasteiger partial charge in [-0.05, 0) is 6.42 Å². The molecule has 0 aliphatic carbocycles. The Labute approximate surface area is 87.8 Å². The Hall–Kier alpha value is -1.85. The largest absolute Gasteiger partial charge is 0.481 e. The number of carboxylic acid groups (broad SMARTS) is 3. The average Bonchev–Trinajstić information content (AvgIpc) is 2.03. The molecule has 0 aromatic heterocycles. The lowest BCUT2D eigenvalue weighted by molar-refractivity contribution is -0.137. The van der Waals surface area contributed by atoms with E-state index < -0.39 is 17.9 Å². The van der Waals surface area contributed by atoms with Gasteiger partial charge in [0.15, 0.2) is 0 Å². The molecule has 0 amide bonds. The van der Waals surface area contributed by atoms with E-state index in [1.165, 1.54) is 0 Å². The fourth-order valence-electron chi connectivity index (χ4n) is 0.214. The molecule has 0 atom stereocenters. The maximum absolute atomic E-state index is 9.60. The molecule has 0 bridgehead atoms. The topological polar surface area (TPSA) is 112 Å². The van der Waals surface area contributed by atoms with Gasteiger partial charge in [0.1, 0.15) is 0 Å². The third-order valence-electron chi connectivity index (χ3n) is 0.638. The van der Waals surface area contributed by atoms with E-state index in [1.54, 1.807) is 0 Å². The van der Waals surface area contributed by atoms with Crippen LogP contribution in [0.2, 0.25) is 0 Å². The zero-order valence-electron chi connectivity index (χ0n) is 8.77. The van der Waals surface area contributed by atoms with Crippen molar-refractivity contribution in [3.8, 4) is 0 Å². The highest BCUT2D eigenvalue weighted by Crippen LogP contribution is 1.82. The van der Waals surface area contributed by atoms with Crippen LogP contribution in [0.1, 0.15) is 26.7 Å². The predicted molar refractivity (Wildman–Crippen MR) is 53.7 cm³/mol. The molecular formula is C9H16O6. The van der Waals surface area contributed by atoms with Crippen molar-refractivity contribution in [3.63, 3.8) is 0 Å². The normalized spacial score (nSPS) is 7.07. The Balaban J connectivity index is -0.000000147. The molecule has 6 heteroatoms. The van der Waals surface area contributed by atoms with E-state index in [2.05, 4.69) is 6.58 Å². The zero-order chi connectivity index (χ0) is 12.9. The van der Waals surface area contributed by atoms with Gasteiger partial charge >= 0.3 is 11.9 Å². The predicted octanol–water partition coefficient (Wildman–Crippen LogP) is 1.22. The molecular weight excluding hydrogens is 204 g/mol. The Kier molecular flexibility index (Phi) is 18.4. The second kappa shape index (κ2) is 14.7. The van der Waals surface area contributed by atoms with E-state index in [0.717, 1.165) is 19.4 Å². The van der Waals surface area contributed by atoms with Crippen LogP contribution in [0.25, 0.3) is 0 Å². The van der Waals surface area contributed by atoms with Crippen molar-refractivity contribution in [3.05, 3.63) is 12.7 Å². The molecule has 0 aromatic rings. The first-order valence-corrected chi connectivity index (χ1v) is 4.04. The summed E-state index contributed by atoms with van der Waals surface area (Å²) in [4.78, 5) is 27.8.